The molecule has 0 radical (unpaired) electrons. The van der Waals surface area contributed by atoms with Crippen molar-refractivity contribution in [2.45, 2.75) is 46.3 Å². The van der Waals surface area contributed by atoms with Gasteiger partial charge in [0.1, 0.15) is 6.04 Å². The fourth-order valence-electron chi connectivity index (χ4n) is 3.42. The summed E-state index contributed by atoms with van der Waals surface area (Å²) in [7, 11) is 3.61. The third kappa shape index (κ3) is 4.10. The second kappa shape index (κ2) is 8.00. The van der Waals surface area contributed by atoms with Crippen LogP contribution in [0.15, 0.2) is 11.6 Å². The molecule has 3 heterocycles. The molecule has 0 spiro atoms. The number of rotatable bonds is 4. The third-order valence-corrected chi connectivity index (χ3v) is 5.67. The van der Waals surface area contributed by atoms with Crippen LogP contribution in [-0.2, 0) is 17.9 Å². The van der Waals surface area contributed by atoms with Gasteiger partial charge in [0.25, 0.3) is 5.91 Å². The summed E-state index contributed by atoms with van der Waals surface area (Å²) in [4.78, 5) is 36.8. The smallest absolute Gasteiger partial charge is 0.272 e. The van der Waals surface area contributed by atoms with Crippen molar-refractivity contribution in [2.75, 3.05) is 20.6 Å². The van der Waals surface area contributed by atoms with Gasteiger partial charge < -0.3 is 20.1 Å². The van der Waals surface area contributed by atoms with Crippen molar-refractivity contribution in [3.8, 4) is 10.8 Å². The van der Waals surface area contributed by atoms with Crippen LogP contribution in [-0.4, -0.2) is 57.9 Å². The fourth-order valence-corrected chi connectivity index (χ4v) is 4.05. The molecule has 2 aromatic rings. The minimum Gasteiger partial charge on any atom is -0.357 e. The summed E-state index contributed by atoms with van der Waals surface area (Å²) >= 11 is 1.50. The number of likely N-dealkylation sites (N-methyl/N-ethyl adjacent to an activating group) is 1. The van der Waals surface area contributed by atoms with Gasteiger partial charge in [-0.05, 0) is 25.4 Å². The maximum Gasteiger partial charge on any atom is 0.272 e. The second-order valence-electron chi connectivity index (χ2n) is 8.20. The van der Waals surface area contributed by atoms with E-state index in [2.05, 4.69) is 30.1 Å². The molecule has 28 heavy (non-hydrogen) atoms. The number of thiazole rings is 1. The summed E-state index contributed by atoms with van der Waals surface area (Å²) in [6.07, 6.45) is 2.72. The van der Waals surface area contributed by atoms with Crippen LogP contribution in [0.4, 0.5) is 0 Å². The lowest BCUT2D eigenvalue weighted by Crippen LogP contribution is -2.53. The van der Waals surface area contributed by atoms with E-state index in [4.69, 9.17) is 0 Å². The Kier molecular flexibility index (Phi) is 5.85. The van der Waals surface area contributed by atoms with E-state index in [1.54, 1.807) is 13.2 Å². The molecule has 0 aromatic carbocycles. The zero-order valence-electron chi connectivity index (χ0n) is 17.1. The second-order valence-corrected chi connectivity index (χ2v) is 9.09. The van der Waals surface area contributed by atoms with Gasteiger partial charge in [-0.15, -0.1) is 11.3 Å². The molecule has 8 nitrogen and oxygen atoms in total. The lowest BCUT2D eigenvalue weighted by Gasteiger charge is -2.29. The number of carbonyl (C=O) groups is 2. The number of hydrogen-bond acceptors (Lipinski definition) is 6. The molecule has 152 valence electrons. The number of nitrogens with zero attached hydrogens (tertiary/aromatic N) is 4. The van der Waals surface area contributed by atoms with Crippen molar-refractivity contribution in [3.05, 3.63) is 23.0 Å². The van der Waals surface area contributed by atoms with Crippen molar-refractivity contribution in [2.24, 2.45) is 5.41 Å². The molecule has 0 bridgehead atoms. The Balaban J connectivity index is 2.01. The summed E-state index contributed by atoms with van der Waals surface area (Å²) in [5.41, 5.74) is 0.811. The van der Waals surface area contributed by atoms with Crippen LogP contribution < -0.4 is 10.6 Å². The molecule has 0 saturated carbocycles. The van der Waals surface area contributed by atoms with Crippen molar-refractivity contribution in [1.82, 2.24) is 30.1 Å². The third-order valence-electron chi connectivity index (χ3n) is 4.90. The van der Waals surface area contributed by atoms with Crippen LogP contribution in [0.5, 0.6) is 0 Å². The fraction of sp³-hybridized carbons (Fsp3) is 0.579. The number of carbonyl (C=O) groups excluding carboxylic acids is 2. The van der Waals surface area contributed by atoms with Crippen LogP contribution >= 0.6 is 11.3 Å². The largest absolute Gasteiger partial charge is 0.357 e. The average molecular weight is 405 g/mol. The SMILES string of the molecule is CNC(=O)[C@@H](NC(=O)c1nc(-c2nccs2)n2c1CN(C)CCC2)C(C)(C)C. The monoisotopic (exact) mass is 404 g/mol. The Morgan fingerprint density at radius 1 is 1.29 bits per heavy atom. The lowest BCUT2D eigenvalue weighted by atomic mass is 9.86. The Morgan fingerprint density at radius 3 is 2.64 bits per heavy atom. The Labute approximate surface area is 169 Å². The van der Waals surface area contributed by atoms with Crippen LogP contribution in [0.25, 0.3) is 10.8 Å². The van der Waals surface area contributed by atoms with Gasteiger partial charge in [-0.25, -0.2) is 9.97 Å². The van der Waals surface area contributed by atoms with Crippen molar-refractivity contribution >= 4 is 23.2 Å². The van der Waals surface area contributed by atoms with E-state index < -0.39 is 11.5 Å². The van der Waals surface area contributed by atoms with E-state index >= 15 is 0 Å². The standard InChI is InChI=1S/C19H28N6O2S/c1-19(2,3)14(17(27)20-4)23-16(26)13-12-11-24(5)8-6-9-25(12)15(22-13)18-21-7-10-28-18/h7,10,14H,6,8-9,11H2,1-5H3,(H,20,27)(H,23,26)/t14-/m1/s1. The van der Waals surface area contributed by atoms with Gasteiger partial charge in [-0.2, -0.15) is 0 Å². The zero-order valence-corrected chi connectivity index (χ0v) is 17.9. The van der Waals surface area contributed by atoms with Gasteiger partial charge in [0.15, 0.2) is 16.5 Å². The lowest BCUT2D eigenvalue weighted by molar-refractivity contribution is -0.124. The molecule has 0 fully saturated rings. The molecule has 2 N–H and O–H groups in total. The van der Waals surface area contributed by atoms with E-state index in [0.717, 1.165) is 36.0 Å². The molecule has 9 heteroatoms. The number of aromatic nitrogens is 3. The van der Waals surface area contributed by atoms with Crippen LogP contribution in [0.3, 0.4) is 0 Å². The molecule has 0 saturated heterocycles. The quantitative estimate of drug-likeness (QED) is 0.810. The molecular formula is C19H28N6O2S. The van der Waals surface area contributed by atoms with E-state index in [-0.39, 0.29) is 11.8 Å². The summed E-state index contributed by atoms with van der Waals surface area (Å²) in [5, 5.41) is 8.24. The minimum absolute atomic E-state index is 0.219. The number of nitrogens with one attached hydrogen (secondary N) is 2. The maximum absolute atomic E-state index is 13.2. The summed E-state index contributed by atoms with van der Waals surface area (Å²) in [5.74, 6) is 0.173. The number of fused-ring (bicyclic) bond motifs is 1. The summed E-state index contributed by atoms with van der Waals surface area (Å²) in [6, 6.07) is -0.658. The molecule has 1 atom stereocenters. The van der Waals surface area contributed by atoms with E-state index in [9.17, 15) is 9.59 Å². The predicted octanol–water partition coefficient (Wildman–Crippen LogP) is 1.73. The van der Waals surface area contributed by atoms with Gasteiger partial charge in [0.2, 0.25) is 5.91 Å². The Bertz CT molecular complexity index is 853. The van der Waals surface area contributed by atoms with Gasteiger partial charge in [0.05, 0.1) is 5.69 Å². The predicted molar refractivity (Wildman–Crippen MR) is 109 cm³/mol. The molecule has 0 unspecified atom stereocenters. The van der Waals surface area contributed by atoms with Crippen LogP contribution in [0, 0.1) is 5.41 Å². The molecule has 2 aromatic heterocycles. The average Bonchev–Trinajstić information content (AvgIpc) is 3.22. The highest BCUT2D eigenvalue weighted by Gasteiger charge is 2.34. The number of imidazole rings is 1. The summed E-state index contributed by atoms with van der Waals surface area (Å²) in [6.45, 7) is 8.14. The molecule has 1 aliphatic heterocycles. The van der Waals surface area contributed by atoms with Gasteiger partial charge in [-0.1, -0.05) is 20.8 Å². The van der Waals surface area contributed by atoms with E-state index in [1.165, 1.54) is 11.3 Å². The van der Waals surface area contributed by atoms with Crippen molar-refractivity contribution in [3.63, 3.8) is 0 Å². The van der Waals surface area contributed by atoms with Crippen LogP contribution in [0.2, 0.25) is 0 Å². The molecule has 3 rings (SSSR count). The minimum atomic E-state index is -0.658. The van der Waals surface area contributed by atoms with Crippen molar-refractivity contribution < 1.29 is 9.59 Å². The summed E-state index contributed by atoms with van der Waals surface area (Å²) < 4.78 is 2.10. The first kappa shape index (κ1) is 20.5. The molecule has 1 aliphatic rings. The first-order valence-corrected chi connectivity index (χ1v) is 10.3. The van der Waals surface area contributed by atoms with Crippen LogP contribution in [0.1, 0.15) is 43.4 Å². The topological polar surface area (TPSA) is 92.1 Å². The highest BCUT2D eigenvalue weighted by Crippen LogP contribution is 2.28. The normalized spacial score (nSPS) is 16.2. The number of amides is 2. The highest BCUT2D eigenvalue weighted by atomic mass is 32.1. The zero-order chi connectivity index (χ0) is 20.5. The first-order chi connectivity index (χ1) is 13.2. The Morgan fingerprint density at radius 2 is 2.04 bits per heavy atom. The molecule has 2 amide bonds. The molecular weight excluding hydrogens is 376 g/mol. The first-order valence-electron chi connectivity index (χ1n) is 9.42. The van der Waals surface area contributed by atoms with Gasteiger partial charge in [0, 0.05) is 31.7 Å². The highest BCUT2D eigenvalue weighted by molar-refractivity contribution is 7.13. The van der Waals surface area contributed by atoms with Gasteiger partial charge in [-0.3, -0.25) is 9.59 Å². The number of hydrogen-bond donors (Lipinski definition) is 2. The van der Waals surface area contributed by atoms with Crippen molar-refractivity contribution in [1.29, 1.82) is 0 Å². The van der Waals surface area contributed by atoms with E-state index in [0.29, 0.717) is 12.2 Å². The molecule has 0 aliphatic carbocycles. The van der Waals surface area contributed by atoms with Gasteiger partial charge >= 0.3 is 0 Å². The maximum atomic E-state index is 13.2. The Hall–Kier alpha value is -2.26. The van der Waals surface area contributed by atoms with E-state index in [1.807, 2.05) is 33.2 Å².